The number of fused-ring (bicyclic) bond motifs is 1. The molecule has 0 amide bonds. The summed E-state index contributed by atoms with van der Waals surface area (Å²) in [5.74, 6) is -0.333. The predicted molar refractivity (Wildman–Crippen MR) is 106 cm³/mol. The third-order valence-corrected chi connectivity index (χ3v) is 5.28. The summed E-state index contributed by atoms with van der Waals surface area (Å²) >= 11 is 0. The number of nitrogens with one attached hydrogen (secondary N) is 1. The van der Waals surface area contributed by atoms with Gasteiger partial charge >= 0.3 is 11.9 Å². The summed E-state index contributed by atoms with van der Waals surface area (Å²) in [6, 6.07) is 4.23. The number of alkyl halides is 5. The molecule has 0 aliphatic heterocycles. The van der Waals surface area contributed by atoms with Crippen LogP contribution >= 0.6 is 0 Å². The molecule has 178 valence electrons. The van der Waals surface area contributed by atoms with Crippen molar-refractivity contribution in [1.29, 1.82) is 0 Å². The van der Waals surface area contributed by atoms with Crippen molar-refractivity contribution in [2.45, 2.75) is 25.4 Å². The lowest BCUT2D eigenvalue weighted by molar-refractivity contribution is -0.168. The van der Waals surface area contributed by atoms with Crippen molar-refractivity contribution in [3.63, 3.8) is 0 Å². The van der Waals surface area contributed by atoms with Crippen LogP contribution in [-0.2, 0) is 0 Å². The zero-order valence-electron chi connectivity index (χ0n) is 16.9. The smallest absolute Gasteiger partial charge is 0.320 e. The first-order chi connectivity index (χ1) is 15.9. The monoisotopic (exact) mass is 487 g/mol. The van der Waals surface area contributed by atoms with Gasteiger partial charge in [0, 0.05) is 11.3 Å². The number of halogens is 8. The van der Waals surface area contributed by atoms with Gasteiger partial charge in [0.15, 0.2) is 17.5 Å². The minimum Gasteiger partial charge on any atom is -0.320 e. The zero-order chi connectivity index (χ0) is 24.8. The van der Waals surface area contributed by atoms with Crippen molar-refractivity contribution in [2.75, 3.05) is 11.4 Å². The highest BCUT2D eigenvalue weighted by Crippen LogP contribution is 2.57. The molecule has 2 aromatic carbocycles. The average Bonchev–Trinajstić information content (AvgIpc) is 3.53. The molecule has 4 rings (SSSR count). The SMILES string of the molecule is O=c1nc(N(CC(F)F)c2cc(F)cc(C#CC3(C(F)(F)F)CC3)c2)c2c(F)c(F)ccc2[nH]1. The van der Waals surface area contributed by atoms with Crippen molar-refractivity contribution >= 4 is 22.4 Å². The van der Waals surface area contributed by atoms with Crippen LogP contribution in [-0.4, -0.2) is 29.1 Å². The number of anilines is 2. The fourth-order valence-corrected chi connectivity index (χ4v) is 3.41. The van der Waals surface area contributed by atoms with E-state index in [4.69, 9.17) is 0 Å². The van der Waals surface area contributed by atoms with Crippen LogP contribution in [0.5, 0.6) is 0 Å². The first-order valence-corrected chi connectivity index (χ1v) is 9.74. The number of nitrogens with zero attached hydrogens (tertiary/aromatic N) is 2. The highest BCUT2D eigenvalue weighted by atomic mass is 19.4. The van der Waals surface area contributed by atoms with E-state index < -0.39 is 64.6 Å². The third-order valence-electron chi connectivity index (χ3n) is 5.28. The highest BCUT2D eigenvalue weighted by Gasteiger charge is 2.62. The molecule has 1 N–H and O–H groups in total. The van der Waals surface area contributed by atoms with Gasteiger partial charge in [0.25, 0.3) is 6.43 Å². The van der Waals surface area contributed by atoms with Gasteiger partial charge in [-0.1, -0.05) is 11.8 Å². The van der Waals surface area contributed by atoms with Crippen LogP contribution in [0.4, 0.5) is 46.6 Å². The van der Waals surface area contributed by atoms with Gasteiger partial charge in [-0.2, -0.15) is 18.2 Å². The lowest BCUT2D eigenvalue weighted by atomic mass is 10.1. The predicted octanol–water partition coefficient (Wildman–Crippen LogP) is 5.44. The van der Waals surface area contributed by atoms with Crippen LogP contribution in [0.3, 0.4) is 0 Å². The first-order valence-electron chi connectivity index (χ1n) is 9.74. The lowest BCUT2D eigenvalue weighted by Gasteiger charge is -2.25. The molecule has 1 aliphatic carbocycles. The van der Waals surface area contributed by atoms with Crippen LogP contribution in [0.15, 0.2) is 35.1 Å². The largest absolute Gasteiger partial charge is 0.405 e. The molecule has 0 unspecified atom stereocenters. The fraction of sp³-hybridized carbons (Fsp3) is 0.273. The molecule has 12 heteroatoms. The summed E-state index contributed by atoms with van der Waals surface area (Å²) in [5, 5.41) is -0.647. The van der Waals surface area contributed by atoms with Crippen LogP contribution in [0.25, 0.3) is 10.9 Å². The van der Waals surface area contributed by atoms with Gasteiger partial charge in [-0.05, 0) is 43.2 Å². The molecule has 1 heterocycles. The van der Waals surface area contributed by atoms with E-state index in [0.29, 0.717) is 11.0 Å². The van der Waals surface area contributed by atoms with E-state index in [0.717, 1.165) is 24.3 Å². The molecular weight excluding hydrogens is 474 g/mol. The number of H-pyrrole nitrogens is 1. The standard InChI is InChI=1S/C22H13F8N3O/c23-12-7-11(3-4-21(5-6-21)22(28,29)30)8-13(9-12)33(10-16(25)26)19-17-15(31-20(34)32-19)2-1-14(24)18(17)27/h1-2,7-9,16H,5-6,10H2,(H,31,32,34). The van der Waals surface area contributed by atoms with Crippen LogP contribution < -0.4 is 10.6 Å². The molecule has 1 saturated carbocycles. The van der Waals surface area contributed by atoms with Gasteiger partial charge in [-0.15, -0.1) is 0 Å². The van der Waals surface area contributed by atoms with E-state index >= 15 is 0 Å². The molecule has 1 fully saturated rings. The van der Waals surface area contributed by atoms with Gasteiger partial charge in [-0.25, -0.2) is 26.7 Å². The fourth-order valence-electron chi connectivity index (χ4n) is 3.41. The Hall–Kier alpha value is -3.62. The number of rotatable bonds is 4. The Morgan fingerprint density at radius 3 is 2.44 bits per heavy atom. The summed E-state index contributed by atoms with van der Waals surface area (Å²) in [4.78, 5) is 18.2. The Morgan fingerprint density at radius 2 is 1.82 bits per heavy atom. The summed E-state index contributed by atoms with van der Waals surface area (Å²) in [5.41, 5.74) is -4.22. The normalized spacial score (nSPS) is 14.7. The summed E-state index contributed by atoms with van der Waals surface area (Å²) in [7, 11) is 0. The number of hydrogen-bond donors (Lipinski definition) is 1. The number of aromatic amines is 1. The van der Waals surface area contributed by atoms with Crippen LogP contribution in [0.1, 0.15) is 18.4 Å². The second-order valence-corrected chi connectivity index (χ2v) is 7.68. The average molecular weight is 487 g/mol. The molecule has 1 aliphatic rings. The van der Waals surface area contributed by atoms with Crippen LogP contribution in [0.2, 0.25) is 0 Å². The number of benzene rings is 2. The zero-order valence-corrected chi connectivity index (χ0v) is 16.9. The second kappa shape index (κ2) is 8.30. The molecular formula is C22H13F8N3O. The van der Waals surface area contributed by atoms with Gasteiger partial charge < -0.3 is 9.88 Å². The topological polar surface area (TPSA) is 49.0 Å². The summed E-state index contributed by atoms with van der Waals surface area (Å²) < 4.78 is 109. The van der Waals surface area contributed by atoms with Gasteiger partial charge in [-0.3, -0.25) is 0 Å². The maximum atomic E-state index is 14.6. The molecule has 34 heavy (non-hydrogen) atoms. The minimum absolute atomic E-state index is 0.225. The first kappa shape index (κ1) is 23.5. The summed E-state index contributed by atoms with van der Waals surface area (Å²) in [6.45, 7) is -1.22. The Bertz CT molecular complexity index is 1380. The van der Waals surface area contributed by atoms with Crippen molar-refractivity contribution < 1.29 is 35.1 Å². The maximum absolute atomic E-state index is 14.6. The van der Waals surface area contributed by atoms with Crippen molar-refractivity contribution in [3.8, 4) is 11.8 Å². The lowest BCUT2D eigenvalue weighted by Crippen LogP contribution is -2.28. The van der Waals surface area contributed by atoms with E-state index in [2.05, 4.69) is 21.8 Å². The van der Waals surface area contributed by atoms with Gasteiger partial charge in [0.05, 0.1) is 17.4 Å². The van der Waals surface area contributed by atoms with Gasteiger partial charge in [0.1, 0.15) is 11.2 Å². The van der Waals surface area contributed by atoms with E-state index in [-0.39, 0.29) is 23.9 Å². The highest BCUT2D eigenvalue weighted by molar-refractivity contribution is 5.92. The van der Waals surface area contributed by atoms with Crippen molar-refractivity contribution in [1.82, 2.24) is 9.97 Å². The number of hydrogen-bond acceptors (Lipinski definition) is 3. The Balaban J connectivity index is 1.88. The maximum Gasteiger partial charge on any atom is 0.405 e. The van der Waals surface area contributed by atoms with E-state index in [1.54, 1.807) is 0 Å². The second-order valence-electron chi connectivity index (χ2n) is 7.68. The van der Waals surface area contributed by atoms with E-state index in [9.17, 15) is 39.9 Å². The van der Waals surface area contributed by atoms with E-state index in [1.165, 1.54) is 0 Å². The summed E-state index contributed by atoms with van der Waals surface area (Å²) in [6.07, 6.45) is -8.15. The Morgan fingerprint density at radius 1 is 1.12 bits per heavy atom. The molecule has 1 aromatic heterocycles. The molecule has 0 saturated heterocycles. The Kier molecular flexibility index (Phi) is 5.75. The molecule has 0 radical (unpaired) electrons. The van der Waals surface area contributed by atoms with Gasteiger partial charge in [0.2, 0.25) is 0 Å². The minimum atomic E-state index is -4.59. The molecule has 0 spiro atoms. The molecule has 3 aromatic rings. The quantitative estimate of drug-likeness (QED) is 0.394. The molecule has 0 atom stereocenters. The van der Waals surface area contributed by atoms with E-state index in [1.807, 2.05) is 0 Å². The van der Waals surface area contributed by atoms with Crippen molar-refractivity contribution in [3.05, 3.63) is 63.8 Å². The van der Waals surface area contributed by atoms with Crippen molar-refractivity contribution in [2.24, 2.45) is 5.41 Å². The number of aromatic nitrogens is 2. The van der Waals surface area contributed by atoms with Crippen LogP contribution in [0, 0.1) is 34.7 Å². The third kappa shape index (κ3) is 4.42. The molecule has 4 nitrogen and oxygen atoms in total. The molecule has 0 bridgehead atoms. The Labute approximate surface area is 186 Å².